The number of rotatable bonds is 7. The minimum absolute atomic E-state index is 0.0596. The third kappa shape index (κ3) is 5.13. The second-order valence-corrected chi connectivity index (χ2v) is 12.2. The zero-order chi connectivity index (χ0) is 27.8. The standard InChI is InChI=1S/C30H39N5O5/c1-31-26(36)17-40-33-28(30(38)39)27-29(37)35(25-11-3-2-10-24(25)32-27)23-15-20-8-5-9-21(16-23)34(20)22-13-18-6-4-7-19(12-18)14-22/h2-3,10-11,18-23H,4-9,12-17H2,1H3,(H,31,36)(H,38,39)/t18-,19+,20-,21+,22?,23?. The van der Waals surface area contributed by atoms with E-state index in [1.165, 1.54) is 52.0 Å². The molecule has 3 heterocycles. The largest absolute Gasteiger partial charge is 0.476 e. The van der Waals surface area contributed by atoms with Crippen LogP contribution in [0, 0.1) is 11.8 Å². The molecule has 4 aliphatic rings. The summed E-state index contributed by atoms with van der Waals surface area (Å²) in [5.74, 6) is -0.163. The number of nitrogens with zero attached hydrogens (tertiary/aromatic N) is 4. The van der Waals surface area contributed by atoms with Crippen LogP contribution in [0.25, 0.3) is 11.0 Å². The molecule has 6 atom stereocenters. The van der Waals surface area contributed by atoms with Crippen molar-refractivity contribution in [3.05, 3.63) is 40.3 Å². The van der Waals surface area contributed by atoms with E-state index < -0.39 is 29.8 Å². The lowest BCUT2D eigenvalue weighted by Crippen LogP contribution is -2.58. The minimum Gasteiger partial charge on any atom is -0.476 e. The maximum atomic E-state index is 14.0. The second-order valence-electron chi connectivity index (χ2n) is 12.2. The van der Waals surface area contributed by atoms with Gasteiger partial charge in [0.25, 0.3) is 11.5 Å². The maximum absolute atomic E-state index is 14.0. The van der Waals surface area contributed by atoms with E-state index in [0.29, 0.717) is 29.2 Å². The summed E-state index contributed by atoms with van der Waals surface area (Å²) >= 11 is 0. The van der Waals surface area contributed by atoms with E-state index in [9.17, 15) is 19.5 Å². The number of amides is 1. The Labute approximate surface area is 233 Å². The fourth-order valence-corrected chi connectivity index (χ4v) is 8.22. The summed E-state index contributed by atoms with van der Waals surface area (Å²) < 4.78 is 1.77. The molecule has 10 heteroatoms. The third-order valence-electron chi connectivity index (χ3n) is 9.75. The van der Waals surface area contributed by atoms with Gasteiger partial charge in [0, 0.05) is 31.2 Å². The fraction of sp³-hybridized carbons (Fsp3) is 0.633. The zero-order valence-electron chi connectivity index (χ0n) is 23.1. The molecule has 1 amide bonds. The lowest BCUT2D eigenvalue weighted by molar-refractivity contribution is -0.130. The van der Waals surface area contributed by atoms with Crippen LogP contribution in [0.4, 0.5) is 0 Å². The van der Waals surface area contributed by atoms with Crippen LogP contribution in [-0.4, -0.2) is 68.9 Å². The highest BCUT2D eigenvalue weighted by Gasteiger charge is 2.45. The number of fused-ring (bicyclic) bond motifs is 5. The Morgan fingerprint density at radius 3 is 2.33 bits per heavy atom. The molecule has 0 radical (unpaired) electrons. The highest BCUT2D eigenvalue weighted by Crippen LogP contribution is 2.47. The molecule has 2 aliphatic carbocycles. The van der Waals surface area contributed by atoms with Crippen molar-refractivity contribution in [3.63, 3.8) is 0 Å². The zero-order valence-corrected chi connectivity index (χ0v) is 23.1. The number of oxime groups is 1. The first-order valence-electron chi connectivity index (χ1n) is 14.9. The number of benzene rings is 1. The van der Waals surface area contributed by atoms with Crippen molar-refractivity contribution in [3.8, 4) is 0 Å². The molecule has 1 aromatic carbocycles. The predicted octanol–water partition coefficient (Wildman–Crippen LogP) is 3.47. The quantitative estimate of drug-likeness (QED) is 0.400. The van der Waals surface area contributed by atoms with Crippen molar-refractivity contribution in [2.75, 3.05) is 13.7 Å². The third-order valence-corrected chi connectivity index (χ3v) is 9.75. The summed E-state index contributed by atoms with van der Waals surface area (Å²) in [6, 6.07) is 8.81. The summed E-state index contributed by atoms with van der Waals surface area (Å²) in [5.41, 5.74) is -0.108. The number of aliphatic carboxylic acids is 1. The predicted molar refractivity (Wildman–Crippen MR) is 150 cm³/mol. The lowest BCUT2D eigenvalue weighted by atomic mass is 9.68. The molecule has 214 valence electrons. The van der Waals surface area contributed by atoms with E-state index in [-0.39, 0.29) is 11.7 Å². The Balaban J connectivity index is 1.34. The van der Waals surface area contributed by atoms with E-state index in [1.54, 1.807) is 10.6 Å². The first-order chi connectivity index (χ1) is 19.4. The Morgan fingerprint density at radius 2 is 1.65 bits per heavy atom. The van der Waals surface area contributed by atoms with Gasteiger partial charge in [0.15, 0.2) is 12.3 Å². The van der Waals surface area contributed by atoms with Crippen LogP contribution < -0.4 is 10.9 Å². The van der Waals surface area contributed by atoms with E-state index in [4.69, 9.17) is 4.84 Å². The number of carbonyl (C=O) groups excluding carboxylic acids is 1. The van der Waals surface area contributed by atoms with Crippen LogP contribution in [0.1, 0.15) is 82.4 Å². The number of carboxylic acids is 1. The van der Waals surface area contributed by atoms with Gasteiger partial charge in [0.05, 0.1) is 11.0 Å². The van der Waals surface area contributed by atoms with Gasteiger partial charge in [-0.15, -0.1) is 0 Å². The normalized spacial score (nSPS) is 30.6. The topological polar surface area (TPSA) is 126 Å². The monoisotopic (exact) mass is 549 g/mol. The van der Waals surface area contributed by atoms with Crippen molar-refractivity contribution in [1.82, 2.24) is 19.8 Å². The molecule has 2 saturated heterocycles. The van der Waals surface area contributed by atoms with Gasteiger partial charge < -0.3 is 19.8 Å². The summed E-state index contributed by atoms with van der Waals surface area (Å²) in [6.07, 6.45) is 13.4. The van der Waals surface area contributed by atoms with Crippen molar-refractivity contribution < 1.29 is 19.5 Å². The van der Waals surface area contributed by atoms with E-state index in [2.05, 4.69) is 20.4 Å². The van der Waals surface area contributed by atoms with Crippen molar-refractivity contribution in [1.29, 1.82) is 0 Å². The smallest absolute Gasteiger partial charge is 0.360 e. The number of aromatic nitrogens is 2. The number of likely N-dealkylation sites (N-methyl/N-ethyl adjacent to an activating group) is 1. The summed E-state index contributed by atoms with van der Waals surface area (Å²) in [5, 5.41) is 16.0. The Bertz CT molecular complexity index is 1350. The van der Waals surface area contributed by atoms with Crippen LogP contribution in [0.3, 0.4) is 0 Å². The van der Waals surface area contributed by atoms with Gasteiger partial charge in [-0.25, -0.2) is 9.78 Å². The Hall–Kier alpha value is -3.27. The first-order valence-corrected chi connectivity index (χ1v) is 14.9. The lowest BCUT2D eigenvalue weighted by Gasteiger charge is -2.55. The van der Waals surface area contributed by atoms with Gasteiger partial charge in [-0.2, -0.15) is 0 Å². The number of para-hydroxylation sites is 2. The molecule has 4 fully saturated rings. The number of carbonyl (C=O) groups is 2. The molecule has 2 aliphatic heterocycles. The van der Waals surface area contributed by atoms with Gasteiger partial charge in [-0.1, -0.05) is 43.0 Å². The van der Waals surface area contributed by atoms with Crippen LogP contribution in [0.2, 0.25) is 0 Å². The Morgan fingerprint density at radius 1 is 0.975 bits per heavy atom. The van der Waals surface area contributed by atoms with E-state index in [1.807, 2.05) is 18.2 Å². The molecular formula is C30H39N5O5. The number of piperidine rings is 2. The molecule has 40 heavy (non-hydrogen) atoms. The van der Waals surface area contributed by atoms with Gasteiger partial charge >= 0.3 is 5.97 Å². The minimum atomic E-state index is -1.43. The molecule has 2 aromatic rings. The van der Waals surface area contributed by atoms with Crippen molar-refractivity contribution in [2.45, 2.75) is 94.8 Å². The van der Waals surface area contributed by atoms with Gasteiger partial charge in [-0.3, -0.25) is 14.5 Å². The molecular weight excluding hydrogens is 510 g/mol. The molecule has 10 nitrogen and oxygen atoms in total. The maximum Gasteiger partial charge on any atom is 0.360 e. The highest BCUT2D eigenvalue weighted by molar-refractivity contribution is 6.41. The average Bonchev–Trinajstić information content (AvgIpc) is 2.94. The number of nitrogens with one attached hydrogen (secondary N) is 1. The molecule has 0 spiro atoms. The SMILES string of the molecule is CNC(=O)CON=C(C(=O)O)c1nc2ccccc2n(C2C[C@H]3CCC[C@@H](C2)N3C2C[C@H]3CCC[C@@H](C2)C3)c1=O. The van der Waals surface area contributed by atoms with E-state index in [0.717, 1.165) is 37.5 Å². The summed E-state index contributed by atoms with van der Waals surface area (Å²) in [4.78, 5) is 50.0. The van der Waals surface area contributed by atoms with Gasteiger partial charge in [0.1, 0.15) is 0 Å². The van der Waals surface area contributed by atoms with Crippen LogP contribution in [0.15, 0.2) is 34.2 Å². The van der Waals surface area contributed by atoms with Crippen molar-refractivity contribution >= 4 is 28.6 Å². The molecule has 2 N–H and O–H groups in total. The van der Waals surface area contributed by atoms with Gasteiger partial charge in [-0.05, 0) is 68.9 Å². The van der Waals surface area contributed by atoms with Crippen molar-refractivity contribution in [2.24, 2.45) is 17.0 Å². The summed E-state index contributed by atoms with van der Waals surface area (Å²) in [6.45, 7) is -0.459. The molecule has 4 bridgehead atoms. The molecule has 2 unspecified atom stereocenters. The number of hydrogen-bond acceptors (Lipinski definition) is 7. The number of carboxylic acid groups (broad SMARTS) is 1. The first kappa shape index (κ1) is 26.9. The molecule has 6 rings (SSSR count). The van der Waals surface area contributed by atoms with E-state index >= 15 is 0 Å². The number of hydrogen-bond donors (Lipinski definition) is 2. The Kier molecular flexibility index (Phi) is 7.61. The van der Waals surface area contributed by atoms with Gasteiger partial charge in [0.2, 0.25) is 5.71 Å². The second kappa shape index (κ2) is 11.3. The molecule has 2 saturated carbocycles. The average molecular weight is 550 g/mol. The molecule has 1 aromatic heterocycles. The fourth-order valence-electron chi connectivity index (χ4n) is 8.22. The van der Waals surface area contributed by atoms with Crippen LogP contribution in [-0.2, 0) is 14.4 Å². The van der Waals surface area contributed by atoms with Crippen LogP contribution >= 0.6 is 0 Å². The highest BCUT2D eigenvalue weighted by atomic mass is 16.6. The summed E-state index contributed by atoms with van der Waals surface area (Å²) in [7, 11) is 1.44. The van der Waals surface area contributed by atoms with Crippen LogP contribution in [0.5, 0.6) is 0 Å².